The minimum absolute atomic E-state index is 0.0899. The molecule has 1 N–H and O–H groups in total. The first kappa shape index (κ1) is 11.5. The van der Waals surface area contributed by atoms with Crippen molar-refractivity contribution in [3.63, 3.8) is 0 Å². The Morgan fingerprint density at radius 2 is 1.71 bits per heavy atom. The SMILES string of the molecule is O=C(Oc1ccccc1O)c1ccccc1Cl. The second kappa shape index (κ2) is 4.89. The molecule has 0 saturated heterocycles. The van der Waals surface area contributed by atoms with Crippen LogP contribution in [0.2, 0.25) is 5.02 Å². The minimum atomic E-state index is -0.600. The zero-order chi connectivity index (χ0) is 12.3. The summed E-state index contributed by atoms with van der Waals surface area (Å²) in [5.74, 6) is -0.581. The van der Waals surface area contributed by atoms with Gasteiger partial charge in [-0.1, -0.05) is 35.9 Å². The van der Waals surface area contributed by atoms with Gasteiger partial charge >= 0.3 is 5.97 Å². The van der Waals surface area contributed by atoms with Crippen molar-refractivity contribution in [2.24, 2.45) is 0 Å². The van der Waals surface area contributed by atoms with Crippen molar-refractivity contribution >= 4 is 17.6 Å². The third-order valence-corrected chi connectivity index (χ3v) is 2.49. The smallest absolute Gasteiger partial charge is 0.345 e. The van der Waals surface area contributed by atoms with Crippen LogP contribution in [-0.4, -0.2) is 11.1 Å². The van der Waals surface area contributed by atoms with Crippen LogP contribution in [0.1, 0.15) is 10.4 Å². The summed E-state index contributed by atoms with van der Waals surface area (Å²) in [6, 6.07) is 12.8. The van der Waals surface area contributed by atoms with Gasteiger partial charge in [0.05, 0.1) is 10.6 Å². The molecular weight excluding hydrogens is 240 g/mol. The maximum atomic E-state index is 11.8. The van der Waals surface area contributed by atoms with Gasteiger partial charge in [-0.05, 0) is 24.3 Å². The normalized spacial score (nSPS) is 9.94. The fraction of sp³-hybridized carbons (Fsp3) is 0. The average molecular weight is 249 g/mol. The zero-order valence-electron chi connectivity index (χ0n) is 8.76. The van der Waals surface area contributed by atoms with E-state index in [1.54, 1.807) is 36.4 Å². The first-order valence-corrected chi connectivity index (χ1v) is 5.31. The van der Waals surface area contributed by atoms with Crippen molar-refractivity contribution in [1.29, 1.82) is 0 Å². The number of phenols is 1. The number of halogens is 1. The largest absolute Gasteiger partial charge is 0.504 e. The van der Waals surface area contributed by atoms with Crippen molar-refractivity contribution in [3.8, 4) is 11.5 Å². The van der Waals surface area contributed by atoms with E-state index in [9.17, 15) is 9.90 Å². The minimum Gasteiger partial charge on any atom is -0.504 e. The Morgan fingerprint density at radius 3 is 2.41 bits per heavy atom. The highest BCUT2D eigenvalue weighted by Crippen LogP contribution is 2.26. The van der Waals surface area contributed by atoms with Crippen LogP contribution in [0.4, 0.5) is 0 Å². The number of ether oxygens (including phenoxy) is 1. The summed E-state index contributed by atoms with van der Waals surface area (Å²) in [6.45, 7) is 0. The number of hydrogen-bond acceptors (Lipinski definition) is 3. The highest BCUT2D eigenvalue weighted by molar-refractivity contribution is 6.33. The summed E-state index contributed by atoms with van der Waals surface area (Å²) in [5.41, 5.74) is 0.261. The van der Waals surface area contributed by atoms with Gasteiger partial charge in [-0.3, -0.25) is 0 Å². The molecule has 0 atom stereocenters. The fourth-order valence-electron chi connectivity index (χ4n) is 1.33. The third kappa shape index (κ3) is 2.57. The van der Waals surface area contributed by atoms with Crippen molar-refractivity contribution in [2.45, 2.75) is 0 Å². The summed E-state index contributed by atoms with van der Waals surface area (Å²) in [6.07, 6.45) is 0. The lowest BCUT2D eigenvalue weighted by molar-refractivity contribution is 0.0730. The molecule has 0 aliphatic carbocycles. The molecule has 0 spiro atoms. The Morgan fingerprint density at radius 1 is 1.06 bits per heavy atom. The van der Waals surface area contributed by atoms with Gasteiger partial charge in [0.15, 0.2) is 11.5 Å². The average Bonchev–Trinajstić information content (AvgIpc) is 2.32. The van der Waals surface area contributed by atoms with E-state index in [-0.39, 0.29) is 17.1 Å². The van der Waals surface area contributed by atoms with Crippen molar-refractivity contribution in [1.82, 2.24) is 0 Å². The standard InChI is InChI=1S/C13H9ClO3/c14-10-6-2-1-5-9(10)13(16)17-12-8-4-3-7-11(12)15/h1-8,15H. The van der Waals surface area contributed by atoms with Gasteiger partial charge in [0.2, 0.25) is 0 Å². The first-order valence-electron chi connectivity index (χ1n) is 4.93. The molecule has 4 heteroatoms. The van der Waals surface area contributed by atoms with Gasteiger partial charge < -0.3 is 9.84 Å². The number of carbonyl (C=O) groups is 1. The number of benzene rings is 2. The lowest BCUT2D eigenvalue weighted by Crippen LogP contribution is -2.09. The molecule has 0 bridgehead atoms. The molecule has 2 aromatic rings. The topological polar surface area (TPSA) is 46.5 Å². The molecule has 2 aromatic carbocycles. The zero-order valence-corrected chi connectivity index (χ0v) is 9.52. The van der Waals surface area contributed by atoms with E-state index >= 15 is 0 Å². The number of esters is 1. The highest BCUT2D eigenvalue weighted by Gasteiger charge is 2.13. The van der Waals surface area contributed by atoms with E-state index in [1.807, 2.05) is 0 Å². The molecule has 0 radical (unpaired) electrons. The Balaban J connectivity index is 2.24. The fourth-order valence-corrected chi connectivity index (χ4v) is 1.54. The first-order chi connectivity index (χ1) is 8.18. The second-order valence-electron chi connectivity index (χ2n) is 3.34. The number of rotatable bonds is 2. The molecule has 0 fully saturated rings. The molecule has 0 aliphatic rings. The Hall–Kier alpha value is -2.00. The van der Waals surface area contributed by atoms with Crippen molar-refractivity contribution in [2.75, 3.05) is 0 Å². The van der Waals surface area contributed by atoms with E-state index in [4.69, 9.17) is 16.3 Å². The van der Waals surface area contributed by atoms with Gasteiger partial charge in [0, 0.05) is 0 Å². The molecule has 0 amide bonds. The molecule has 0 unspecified atom stereocenters. The quantitative estimate of drug-likeness (QED) is 0.655. The maximum absolute atomic E-state index is 11.8. The second-order valence-corrected chi connectivity index (χ2v) is 3.74. The van der Waals surface area contributed by atoms with Gasteiger partial charge in [-0.2, -0.15) is 0 Å². The Labute approximate surface area is 103 Å². The van der Waals surface area contributed by atoms with Crippen LogP contribution in [0.3, 0.4) is 0 Å². The van der Waals surface area contributed by atoms with Crippen LogP contribution in [-0.2, 0) is 0 Å². The van der Waals surface area contributed by atoms with Gasteiger partial charge in [-0.15, -0.1) is 0 Å². The molecule has 0 aliphatic heterocycles. The van der Waals surface area contributed by atoms with E-state index in [2.05, 4.69) is 0 Å². The lowest BCUT2D eigenvalue weighted by Gasteiger charge is -2.06. The molecule has 0 aromatic heterocycles. The number of para-hydroxylation sites is 2. The molecular formula is C13H9ClO3. The summed E-state index contributed by atoms with van der Waals surface area (Å²) in [7, 11) is 0. The van der Waals surface area contributed by atoms with E-state index in [0.717, 1.165) is 0 Å². The van der Waals surface area contributed by atoms with E-state index in [0.29, 0.717) is 5.02 Å². The number of hydrogen-bond donors (Lipinski definition) is 1. The number of carbonyl (C=O) groups excluding carboxylic acids is 1. The van der Waals surface area contributed by atoms with Gasteiger partial charge in [0.25, 0.3) is 0 Å². The number of aromatic hydroxyl groups is 1. The molecule has 17 heavy (non-hydrogen) atoms. The lowest BCUT2D eigenvalue weighted by atomic mass is 10.2. The van der Waals surface area contributed by atoms with Crippen LogP contribution in [0.15, 0.2) is 48.5 Å². The molecule has 3 nitrogen and oxygen atoms in total. The summed E-state index contributed by atoms with van der Waals surface area (Å²) in [5, 5.41) is 9.78. The predicted octanol–water partition coefficient (Wildman–Crippen LogP) is 3.26. The Bertz CT molecular complexity index is 552. The maximum Gasteiger partial charge on any atom is 0.345 e. The molecule has 0 saturated carbocycles. The highest BCUT2D eigenvalue weighted by atomic mass is 35.5. The monoisotopic (exact) mass is 248 g/mol. The van der Waals surface area contributed by atoms with Crippen LogP contribution in [0.25, 0.3) is 0 Å². The van der Waals surface area contributed by atoms with Crippen molar-refractivity contribution in [3.05, 3.63) is 59.1 Å². The number of phenolic OH excluding ortho intramolecular Hbond substituents is 1. The molecule has 86 valence electrons. The van der Waals surface area contributed by atoms with Gasteiger partial charge in [-0.25, -0.2) is 4.79 Å². The van der Waals surface area contributed by atoms with Crippen molar-refractivity contribution < 1.29 is 14.6 Å². The van der Waals surface area contributed by atoms with Crippen LogP contribution in [0, 0.1) is 0 Å². The van der Waals surface area contributed by atoms with E-state index in [1.165, 1.54) is 12.1 Å². The predicted molar refractivity (Wildman–Crippen MR) is 64.5 cm³/mol. The molecule has 0 heterocycles. The Kier molecular flexibility index (Phi) is 3.30. The third-order valence-electron chi connectivity index (χ3n) is 2.16. The summed E-state index contributed by atoms with van der Waals surface area (Å²) in [4.78, 5) is 11.8. The van der Waals surface area contributed by atoms with Crippen LogP contribution in [0.5, 0.6) is 11.5 Å². The van der Waals surface area contributed by atoms with Gasteiger partial charge in [0.1, 0.15) is 0 Å². The van der Waals surface area contributed by atoms with Crippen LogP contribution < -0.4 is 4.74 Å². The molecule has 2 rings (SSSR count). The van der Waals surface area contributed by atoms with Crippen LogP contribution >= 0.6 is 11.6 Å². The summed E-state index contributed by atoms with van der Waals surface area (Å²) < 4.78 is 5.04. The summed E-state index contributed by atoms with van der Waals surface area (Å²) >= 11 is 5.86. The van der Waals surface area contributed by atoms with E-state index < -0.39 is 5.97 Å².